The Kier molecular flexibility index (Phi) is 12.3. The molecule has 17 nitrogen and oxygen atoms in total. The standard InChI is InChI=1S/C34H30FN4O13PS2/c35-24-15-21(8-7-19(24)17-36)52-53(46,47)18-39-55(48,49)30-14-20-13-27(50-11-9-37-33(44)22-3-1-5-25(40)31(22)42)28(16-29(20)54-30)51-12-10-38-34(45)23-4-2-6-26(41)32(23)43/h1-8,13-16,39-43H,9-12,18H2,(H,37,44)(H,38,45)(H,46,47). The molecule has 0 saturated carbocycles. The van der Waals surface area contributed by atoms with Crippen LogP contribution < -0.4 is 29.4 Å². The lowest BCUT2D eigenvalue weighted by molar-refractivity contribution is 0.0933. The number of amides is 2. The first-order valence-electron chi connectivity index (χ1n) is 15.7. The molecule has 0 saturated heterocycles. The van der Waals surface area contributed by atoms with Crippen LogP contribution in [0, 0.1) is 17.1 Å². The van der Waals surface area contributed by atoms with Crippen molar-refractivity contribution < 1.29 is 66.3 Å². The van der Waals surface area contributed by atoms with E-state index in [0.717, 1.165) is 23.5 Å². The van der Waals surface area contributed by atoms with Gasteiger partial charge >= 0.3 is 7.60 Å². The minimum absolute atomic E-state index is 0.0801. The SMILES string of the molecule is N#Cc1ccc(OP(=O)(O)CNS(=O)(=O)c2cc3cc(OCCNC(=O)c4cccc(O)c4O)c(OCCNC(=O)c4cccc(O)c4O)cc3s2)cc1F. The quantitative estimate of drug-likeness (QED) is 0.0399. The molecule has 1 atom stereocenters. The normalized spacial score (nSPS) is 12.3. The van der Waals surface area contributed by atoms with E-state index in [1.165, 1.54) is 54.6 Å². The summed E-state index contributed by atoms with van der Waals surface area (Å²) in [5.74, 6) is -4.85. The summed E-state index contributed by atoms with van der Waals surface area (Å²) in [6.07, 6.45) is -1.09. The van der Waals surface area contributed by atoms with Crippen LogP contribution in [-0.4, -0.2) is 78.1 Å². The fraction of sp³-hybridized carbons (Fsp3) is 0.147. The molecule has 5 rings (SSSR count). The summed E-state index contributed by atoms with van der Waals surface area (Å²) >= 11 is 0.764. The number of nitrogens with one attached hydrogen (secondary N) is 3. The van der Waals surface area contributed by atoms with Crippen molar-refractivity contribution in [3.8, 4) is 46.3 Å². The summed E-state index contributed by atoms with van der Waals surface area (Å²) in [5, 5.41) is 53.6. The number of ether oxygens (including phenoxy) is 2. The van der Waals surface area contributed by atoms with Gasteiger partial charge in [0.05, 0.1) is 29.8 Å². The van der Waals surface area contributed by atoms with E-state index in [-0.39, 0.29) is 58.7 Å². The molecule has 1 unspecified atom stereocenters. The van der Waals surface area contributed by atoms with Crippen LogP contribution in [0.2, 0.25) is 0 Å². The molecule has 0 aliphatic heterocycles. The first kappa shape index (κ1) is 40.1. The Bertz CT molecular complexity index is 2360. The average Bonchev–Trinajstić information content (AvgIpc) is 3.57. The van der Waals surface area contributed by atoms with Crippen LogP contribution in [0.4, 0.5) is 4.39 Å². The Morgan fingerprint density at radius 1 is 0.836 bits per heavy atom. The maximum Gasteiger partial charge on any atom is 0.391 e. The Labute approximate surface area is 315 Å². The van der Waals surface area contributed by atoms with Gasteiger partial charge in [0.25, 0.3) is 21.8 Å². The van der Waals surface area contributed by atoms with E-state index in [1.54, 1.807) is 6.07 Å². The summed E-state index contributed by atoms with van der Waals surface area (Å²) in [4.78, 5) is 35.3. The van der Waals surface area contributed by atoms with Crippen molar-refractivity contribution in [1.29, 1.82) is 5.26 Å². The second kappa shape index (κ2) is 16.9. The average molecular weight is 817 g/mol. The van der Waals surface area contributed by atoms with Crippen LogP contribution in [0.25, 0.3) is 10.1 Å². The summed E-state index contributed by atoms with van der Waals surface area (Å²) in [6, 6.07) is 16.3. The molecule has 0 aliphatic rings. The number of benzene rings is 4. The Morgan fingerprint density at radius 3 is 1.95 bits per heavy atom. The molecule has 0 aliphatic carbocycles. The van der Waals surface area contributed by atoms with Gasteiger partial charge in [0.15, 0.2) is 34.5 Å². The second-order valence-electron chi connectivity index (χ2n) is 11.2. The first-order valence-corrected chi connectivity index (χ1v) is 19.8. The molecule has 1 aromatic heterocycles. The highest BCUT2D eigenvalue weighted by atomic mass is 32.2. The number of nitrogens with zero attached hydrogens (tertiary/aromatic N) is 1. The zero-order valence-electron chi connectivity index (χ0n) is 28.1. The van der Waals surface area contributed by atoms with Gasteiger partial charge in [-0.25, -0.2) is 17.4 Å². The van der Waals surface area contributed by atoms with Gasteiger partial charge < -0.3 is 50.0 Å². The number of carbonyl (C=O) groups excluding carboxylic acids is 2. The third-order valence-corrected chi connectivity index (χ3v) is 11.6. The molecule has 21 heteroatoms. The van der Waals surface area contributed by atoms with E-state index in [2.05, 4.69) is 10.6 Å². The predicted molar refractivity (Wildman–Crippen MR) is 194 cm³/mol. The molecular weight excluding hydrogens is 786 g/mol. The maximum absolute atomic E-state index is 13.9. The molecule has 5 aromatic rings. The number of thiophene rings is 1. The zero-order chi connectivity index (χ0) is 39.9. The van der Waals surface area contributed by atoms with Crippen molar-refractivity contribution in [3.05, 3.63) is 95.3 Å². The number of nitriles is 1. The van der Waals surface area contributed by atoms with E-state index in [1.807, 2.05) is 4.72 Å². The lowest BCUT2D eigenvalue weighted by Gasteiger charge is -2.14. The van der Waals surface area contributed by atoms with Crippen LogP contribution in [0.15, 0.2) is 77.0 Å². The van der Waals surface area contributed by atoms with Crippen LogP contribution in [-0.2, 0) is 14.6 Å². The highest BCUT2D eigenvalue weighted by Crippen LogP contribution is 2.43. The van der Waals surface area contributed by atoms with Crippen molar-refractivity contribution in [1.82, 2.24) is 15.4 Å². The fourth-order valence-electron chi connectivity index (χ4n) is 4.73. The summed E-state index contributed by atoms with van der Waals surface area (Å²) in [7, 11) is -9.14. The number of carbonyl (C=O) groups is 2. The van der Waals surface area contributed by atoms with E-state index >= 15 is 0 Å². The molecule has 0 radical (unpaired) electrons. The highest BCUT2D eigenvalue weighted by molar-refractivity contribution is 7.92. The lowest BCUT2D eigenvalue weighted by atomic mass is 10.1. The molecule has 4 aromatic carbocycles. The minimum Gasteiger partial charge on any atom is -0.504 e. The van der Waals surface area contributed by atoms with Gasteiger partial charge in [0.2, 0.25) is 0 Å². The topological polar surface area (TPSA) is 274 Å². The Balaban J connectivity index is 1.29. The van der Waals surface area contributed by atoms with Gasteiger partial charge in [-0.05, 0) is 53.9 Å². The maximum atomic E-state index is 13.9. The van der Waals surface area contributed by atoms with Gasteiger partial charge in [-0.15, -0.1) is 11.3 Å². The molecular formula is C34H30FN4O13PS2. The van der Waals surface area contributed by atoms with Gasteiger partial charge in [-0.3, -0.25) is 9.59 Å². The van der Waals surface area contributed by atoms with Crippen molar-refractivity contribution in [2.45, 2.75) is 4.21 Å². The Hall–Kier alpha value is -6.10. The molecule has 0 fully saturated rings. The number of sulfonamides is 1. The molecule has 1 heterocycles. The van der Waals surface area contributed by atoms with Crippen LogP contribution in [0.5, 0.6) is 40.2 Å². The first-order chi connectivity index (χ1) is 26.1. The number of halogens is 1. The van der Waals surface area contributed by atoms with E-state index in [9.17, 15) is 52.3 Å². The number of hydrogen-bond acceptors (Lipinski definition) is 14. The number of phenolic OH excluding ortho intramolecular Hbond substituents is 4. The second-order valence-corrected chi connectivity index (χ2v) is 16.1. The van der Waals surface area contributed by atoms with Crippen molar-refractivity contribution in [2.75, 3.05) is 32.6 Å². The van der Waals surface area contributed by atoms with E-state index in [0.29, 0.717) is 16.2 Å². The van der Waals surface area contributed by atoms with Crippen molar-refractivity contribution in [2.24, 2.45) is 0 Å². The monoisotopic (exact) mass is 816 g/mol. The molecule has 0 spiro atoms. The zero-order valence-corrected chi connectivity index (χ0v) is 30.6. The molecule has 0 bridgehead atoms. The highest BCUT2D eigenvalue weighted by Gasteiger charge is 2.27. The Morgan fingerprint density at radius 2 is 1.40 bits per heavy atom. The number of rotatable bonds is 16. The number of para-hydroxylation sites is 2. The van der Waals surface area contributed by atoms with Gasteiger partial charge in [0, 0.05) is 16.8 Å². The summed E-state index contributed by atoms with van der Waals surface area (Å²) in [5.41, 5.74) is -0.692. The largest absolute Gasteiger partial charge is 0.504 e. The molecule has 288 valence electrons. The predicted octanol–water partition coefficient (Wildman–Crippen LogP) is 3.85. The molecule has 2 amide bonds. The van der Waals surface area contributed by atoms with Crippen LogP contribution in [0.3, 0.4) is 0 Å². The molecule has 55 heavy (non-hydrogen) atoms. The van der Waals surface area contributed by atoms with Crippen LogP contribution in [0.1, 0.15) is 26.3 Å². The van der Waals surface area contributed by atoms with Crippen LogP contribution >= 0.6 is 18.9 Å². The lowest BCUT2D eigenvalue weighted by Crippen LogP contribution is -2.28. The third kappa shape index (κ3) is 9.91. The minimum atomic E-state index is -4.71. The number of hydrogen-bond donors (Lipinski definition) is 8. The number of phenols is 4. The van der Waals surface area contributed by atoms with Gasteiger partial charge in [-0.2, -0.15) is 9.98 Å². The van der Waals surface area contributed by atoms with Crippen molar-refractivity contribution >= 4 is 50.9 Å². The summed E-state index contributed by atoms with van der Waals surface area (Å²) < 4.78 is 71.6. The van der Waals surface area contributed by atoms with Gasteiger partial charge in [0.1, 0.15) is 41.3 Å². The third-order valence-electron chi connectivity index (χ3n) is 7.40. The fourth-order valence-corrected chi connectivity index (χ4v) is 8.68. The van der Waals surface area contributed by atoms with E-state index < -0.39 is 70.3 Å². The smallest absolute Gasteiger partial charge is 0.391 e. The summed E-state index contributed by atoms with van der Waals surface area (Å²) in [6.45, 7) is -0.512. The van der Waals surface area contributed by atoms with E-state index in [4.69, 9.17) is 19.3 Å². The number of fused-ring (bicyclic) bond motifs is 1. The van der Waals surface area contributed by atoms with Gasteiger partial charge in [-0.1, -0.05) is 12.1 Å². The molecule has 8 N–H and O–H groups in total. The number of aromatic hydroxyl groups is 4. The van der Waals surface area contributed by atoms with Crippen molar-refractivity contribution in [3.63, 3.8) is 0 Å².